The Bertz CT molecular complexity index is 303. The molecule has 0 atom stereocenters. The van der Waals surface area contributed by atoms with Crippen LogP contribution in [0.4, 0.5) is 0 Å². The van der Waals surface area contributed by atoms with Crippen molar-refractivity contribution in [3.05, 3.63) is 34.3 Å². The van der Waals surface area contributed by atoms with Gasteiger partial charge in [0.1, 0.15) is 0 Å². The lowest BCUT2D eigenvalue weighted by molar-refractivity contribution is -0.103. The first-order valence-corrected chi connectivity index (χ1v) is 3.83. The molecule has 0 unspecified atom stereocenters. The number of carbonyl (C=O) groups excluding carboxylic acids is 1. The van der Waals surface area contributed by atoms with Crippen LogP contribution in [-0.2, 0) is 4.79 Å². The van der Waals surface area contributed by atoms with Crippen molar-refractivity contribution in [3.8, 4) is 11.8 Å². The SMILES string of the molecule is O=CC#Cc1ccc(Br)cc1. The van der Waals surface area contributed by atoms with Crippen molar-refractivity contribution < 1.29 is 4.79 Å². The van der Waals surface area contributed by atoms with Crippen LogP contribution in [0.3, 0.4) is 0 Å². The number of benzene rings is 1. The summed E-state index contributed by atoms with van der Waals surface area (Å²) in [5, 5.41) is 0. The highest BCUT2D eigenvalue weighted by molar-refractivity contribution is 9.10. The Hall–Kier alpha value is -1.07. The van der Waals surface area contributed by atoms with E-state index in [0.717, 1.165) is 10.0 Å². The lowest BCUT2D eigenvalue weighted by Crippen LogP contribution is -1.72. The molecule has 1 nitrogen and oxygen atoms in total. The largest absolute Gasteiger partial charge is 0.289 e. The molecule has 0 aliphatic carbocycles. The minimum atomic E-state index is 0.585. The van der Waals surface area contributed by atoms with Crippen molar-refractivity contribution in [3.63, 3.8) is 0 Å². The maximum Gasteiger partial charge on any atom is 0.193 e. The zero-order valence-corrected chi connectivity index (χ0v) is 7.26. The van der Waals surface area contributed by atoms with Gasteiger partial charge in [-0.15, -0.1) is 0 Å². The highest BCUT2D eigenvalue weighted by Gasteiger charge is 1.85. The van der Waals surface area contributed by atoms with Gasteiger partial charge in [0.25, 0.3) is 0 Å². The number of rotatable bonds is 0. The molecular formula is C9H5BrO. The van der Waals surface area contributed by atoms with Crippen molar-refractivity contribution >= 4 is 22.2 Å². The number of hydrogen-bond donors (Lipinski definition) is 0. The van der Waals surface area contributed by atoms with Gasteiger partial charge in [0.05, 0.1) is 0 Å². The van der Waals surface area contributed by atoms with Crippen LogP contribution in [0.5, 0.6) is 0 Å². The summed E-state index contributed by atoms with van der Waals surface area (Å²) in [6, 6.07) is 7.46. The molecule has 0 heterocycles. The van der Waals surface area contributed by atoms with Crippen LogP contribution >= 0.6 is 15.9 Å². The molecule has 1 rings (SSSR count). The topological polar surface area (TPSA) is 17.1 Å². The van der Waals surface area contributed by atoms with E-state index >= 15 is 0 Å². The highest BCUT2D eigenvalue weighted by Crippen LogP contribution is 2.09. The predicted molar refractivity (Wildman–Crippen MR) is 47.1 cm³/mol. The zero-order valence-electron chi connectivity index (χ0n) is 5.67. The summed E-state index contributed by atoms with van der Waals surface area (Å²) in [6.45, 7) is 0. The van der Waals surface area contributed by atoms with Gasteiger partial charge in [-0.05, 0) is 30.2 Å². The normalized spacial score (nSPS) is 8.09. The Morgan fingerprint density at radius 2 is 1.91 bits per heavy atom. The van der Waals surface area contributed by atoms with E-state index in [1.807, 2.05) is 24.3 Å². The third-order valence-corrected chi connectivity index (χ3v) is 1.65. The van der Waals surface area contributed by atoms with Crippen molar-refractivity contribution in [1.82, 2.24) is 0 Å². The fraction of sp³-hybridized carbons (Fsp3) is 0. The van der Waals surface area contributed by atoms with E-state index in [-0.39, 0.29) is 0 Å². The summed E-state index contributed by atoms with van der Waals surface area (Å²) in [4.78, 5) is 9.86. The van der Waals surface area contributed by atoms with Gasteiger partial charge >= 0.3 is 0 Å². The third kappa shape index (κ3) is 2.57. The van der Waals surface area contributed by atoms with Gasteiger partial charge in [-0.2, -0.15) is 0 Å². The van der Waals surface area contributed by atoms with Crippen LogP contribution in [0.1, 0.15) is 5.56 Å². The molecule has 0 aromatic heterocycles. The van der Waals surface area contributed by atoms with Crippen LogP contribution < -0.4 is 0 Å². The first-order chi connectivity index (χ1) is 5.33. The molecule has 1 aromatic carbocycles. The van der Waals surface area contributed by atoms with E-state index in [9.17, 15) is 4.79 Å². The average Bonchev–Trinajstić information content (AvgIpc) is 2.04. The average molecular weight is 209 g/mol. The maximum atomic E-state index is 9.86. The van der Waals surface area contributed by atoms with Crippen molar-refractivity contribution in [2.24, 2.45) is 0 Å². The fourth-order valence-corrected chi connectivity index (χ4v) is 0.910. The Morgan fingerprint density at radius 3 is 2.45 bits per heavy atom. The minimum absolute atomic E-state index is 0.585. The molecule has 1 aromatic rings. The van der Waals surface area contributed by atoms with Gasteiger partial charge in [0.2, 0.25) is 0 Å². The monoisotopic (exact) mass is 208 g/mol. The van der Waals surface area contributed by atoms with Crippen LogP contribution in [0.15, 0.2) is 28.7 Å². The molecule has 0 aliphatic heterocycles. The second-order valence-electron chi connectivity index (χ2n) is 1.89. The second-order valence-corrected chi connectivity index (χ2v) is 2.81. The molecule has 0 bridgehead atoms. The maximum absolute atomic E-state index is 9.86. The first kappa shape index (κ1) is 8.03. The van der Waals surface area contributed by atoms with E-state index in [0.29, 0.717) is 6.29 Å². The number of halogens is 1. The summed E-state index contributed by atoms with van der Waals surface area (Å²) in [7, 11) is 0. The lowest BCUT2D eigenvalue weighted by atomic mass is 10.2. The van der Waals surface area contributed by atoms with Crippen molar-refractivity contribution in [2.45, 2.75) is 0 Å². The molecule has 0 aliphatic rings. The molecule has 0 N–H and O–H groups in total. The van der Waals surface area contributed by atoms with Gasteiger partial charge in [-0.3, -0.25) is 4.79 Å². The third-order valence-electron chi connectivity index (χ3n) is 1.12. The molecule has 0 fully saturated rings. The summed E-state index contributed by atoms with van der Waals surface area (Å²) >= 11 is 3.30. The van der Waals surface area contributed by atoms with Gasteiger partial charge in [0, 0.05) is 10.0 Å². The van der Waals surface area contributed by atoms with E-state index in [1.165, 1.54) is 0 Å². The summed E-state index contributed by atoms with van der Waals surface area (Å²) in [5.74, 6) is 5.02. The summed E-state index contributed by atoms with van der Waals surface area (Å²) < 4.78 is 1.01. The second kappa shape index (κ2) is 3.95. The molecule has 0 amide bonds. The van der Waals surface area contributed by atoms with Crippen LogP contribution in [0, 0.1) is 11.8 Å². The van der Waals surface area contributed by atoms with E-state index in [1.54, 1.807) is 0 Å². The Balaban J connectivity index is 2.90. The molecular weight excluding hydrogens is 204 g/mol. The highest BCUT2D eigenvalue weighted by atomic mass is 79.9. The molecule has 2 heteroatoms. The van der Waals surface area contributed by atoms with Crippen molar-refractivity contribution in [2.75, 3.05) is 0 Å². The molecule has 0 radical (unpaired) electrons. The quantitative estimate of drug-likeness (QED) is 0.471. The lowest BCUT2D eigenvalue weighted by Gasteiger charge is -1.88. The number of carbonyl (C=O) groups is 1. The molecule has 54 valence electrons. The number of aldehydes is 1. The van der Waals surface area contributed by atoms with Crippen LogP contribution in [0.2, 0.25) is 0 Å². The Labute approximate surface area is 73.6 Å². The minimum Gasteiger partial charge on any atom is -0.289 e. The van der Waals surface area contributed by atoms with Gasteiger partial charge in [-0.1, -0.05) is 21.9 Å². The smallest absolute Gasteiger partial charge is 0.193 e. The van der Waals surface area contributed by atoms with Crippen molar-refractivity contribution in [1.29, 1.82) is 0 Å². The molecule has 0 saturated heterocycles. The Kier molecular flexibility index (Phi) is 2.88. The fourth-order valence-electron chi connectivity index (χ4n) is 0.646. The van der Waals surface area contributed by atoms with Gasteiger partial charge < -0.3 is 0 Å². The Morgan fingerprint density at radius 1 is 1.27 bits per heavy atom. The van der Waals surface area contributed by atoms with Gasteiger partial charge in [-0.25, -0.2) is 0 Å². The zero-order chi connectivity index (χ0) is 8.10. The first-order valence-electron chi connectivity index (χ1n) is 3.03. The molecule has 0 spiro atoms. The van der Waals surface area contributed by atoms with E-state index < -0.39 is 0 Å². The van der Waals surface area contributed by atoms with E-state index in [2.05, 4.69) is 27.8 Å². The predicted octanol–water partition coefficient (Wildman–Crippen LogP) is 2.00. The molecule has 0 saturated carbocycles. The number of hydrogen-bond acceptors (Lipinski definition) is 1. The van der Waals surface area contributed by atoms with Gasteiger partial charge in [0.15, 0.2) is 6.29 Å². The summed E-state index contributed by atoms with van der Waals surface area (Å²) in [6.07, 6.45) is 0.585. The van der Waals surface area contributed by atoms with Crippen LogP contribution in [-0.4, -0.2) is 6.29 Å². The molecule has 11 heavy (non-hydrogen) atoms. The van der Waals surface area contributed by atoms with E-state index in [4.69, 9.17) is 0 Å². The standard InChI is InChI=1S/C9H5BrO/c10-9-5-3-8(4-6-9)2-1-7-11/h3-7H. The summed E-state index contributed by atoms with van der Waals surface area (Å²) in [5.41, 5.74) is 0.848. The van der Waals surface area contributed by atoms with Crippen LogP contribution in [0.25, 0.3) is 0 Å².